The van der Waals surface area contributed by atoms with E-state index in [-0.39, 0.29) is 11.5 Å². The number of anilines is 1. The maximum absolute atomic E-state index is 11.4. The molecule has 0 bridgehead atoms. The van der Waals surface area contributed by atoms with Gasteiger partial charge in [0.15, 0.2) is 9.84 Å². The number of hydrogen-bond acceptors (Lipinski definition) is 5. The number of sulfone groups is 1. The standard InChI is InChI=1S/C10H14ClN3O2S/c1-2-8-9(11)12-7-13-10(8)14-3-5-17(15,16)6-4-14/h7H,2-6H2,1H3. The Morgan fingerprint density at radius 3 is 2.59 bits per heavy atom. The van der Waals surface area contributed by atoms with Crippen molar-refractivity contribution in [1.29, 1.82) is 0 Å². The molecule has 1 fully saturated rings. The van der Waals surface area contributed by atoms with Crippen molar-refractivity contribution in [3.8, 4) is 0 Å². The van der Waals surface area contributed by atoms with Gasteiger partial charge in [-0.2, -0.15) is 0 Å². The van der Waals surface area contributed by atoms with Crippen LogP contribution in [0.25, 0.3) is 0 Å². The maximum Gasteiger partial charge on any atom is 0.153 e. The van der Waals surface area contributed by atoms with E-state index in [0.29, 0.717) is 18.2 Å². The van der Waals surface area contributed by atoms with Gasteiger partial charge >= 0.3 is 0 Å². The van der Waals surface area contributed by atoms with E-state index < -0.39 is 9.84 Å². The largest absolute Gasteiger partial charge is 0.354 e. The highest BCUT2D eigenvalue weighted by atomic mass is 35.5. The second kappa shape index (κ2) is 4.78. The molecule has 7 heteroatoms. The molecular weight excluding hydrogens is 262 g/mol. The van der Waals surface area contributed by atoms with Gasteiger partial charge in [-0.25, -0.2) is 18.4 Å². The normalized spacial score (nSPS) is 19.3. The fraction of sp³-hybridized carbons (Fsp3) is 0.600. The van der Waals surface area contributed by atoms with Crippen molar-refractivity contribution in [3.05, 3.63) is 17.0 Å². The first-order valence-corrected chi connectivity index (χ1v) is 7.68. The summed E-state index contributed by atoms with van der Waals surface area (Å²) in [5.74, 6) is 1.12. The monoisotopic (exact) mass is 275 g/mol. The van der Waals surface area contributed by atoms with E-state index in [1.165, 1.54) is 6.33 Å². The number of aromatic nitrogens is 2. The van der Waals surface area contributed by atoms with E-state index in [4.69, 9.17) is 11.6 Å². The lowest BCUT2D eigenvalue weighted by molar-refractivity contribution is 0.586. The van der Waals surface area contributed by atoms with Gasteiger partial charge in [0.05, 0.1) is 11.5 Å². The number of rotatable bonds is 2. The molecule has 0 atom stereocenters. The average molecular weight is 276 g/mol. The Labute approximate surface area is 106 Å². The van der Waals surface area contributed by atoms with Gasteiger partial charge in [0.2, 0.25) is 0 Å². The molecular formula is C10H14ClN3O2S. The SMILES string of the molecule is CCc1c(Cl)ncnc1N1CCS(=O)(=O)CC1. The van der Waals surface area contributed by atoms with Crippen LogP contribution in [-0.2, 0) is 16.3 Å². The quantitative estimate of drug-likeness (QED) is 0.752. The summed E-state index contributed by atoms with van der Waals surface area (Å²) in [4.78, 5) is 10.1. The molecule has 1 aromatic rings. The van der Waals surface area contributed by atoms with E-state index in [9.17, 15) is 8.42 Å². The third-order valence-electron chi connectivity index (χ3n) is 2.87. The summed E-state index contributed by atoms with van der Waals surface area (Å²) in [5, 5.41) is 0.450. The van der Waals surface area contributed by atoms with E-state index in [1.807, 2.05) is 11.8 Å². The average Bonchev–Trinajstić information content (AvgIpc) is 2.29. The highest BCUT2D eigenvalue weighted by Gasteiger charge is 2.24. The van der Waals surface area contributed by atoms with Crippen LogP contribution in [0.1, 0.15) is 12.5 Å². The fourth-order valence-corrected chi connectivity index (χ4v) is 3.35. The fourth-order valence-electron chi connectivity index (χ4n) is 1.88. The molecule has 0 aliphatic carbocycles. The number of halogens is 1. The van der Waals surface area contributed by atoms with Crippen LogP contribution in [0.3, 0.4) is 0 Å². The van der Waals surface area contributed by atoms with Gasteiger partial charge in [-0.1, -0.05) is 18.5 Å². The van der Waals surface area contributed by atoms with Crippen LogP contribution in [-0.4, -0.2) is 43.0 Å². The molecule has 0 amide bonds. The second-order valence-electron chi connectivity index (χ2n) is 3.96. The summed E-state index contributed by atoms with van der Waals surface area (Å²) in [6.45, 7) is 2.93. The van der Waals surface area contributed by atoms with Gasteiger partial charge in [0.1, 0.15) is 17.3 Å². The van der Waals surface area contributed by atoms with Crippen LogP contribution in [0.5, 0.6) is 0 Å². The molecule has 1 aliphatic rings. The van der Waals surface area contributed by atoms with Gasteiger partial charge in [-0.3, -0.25) is 0 Å². The highest BCUT2D eigenvalue weighted by molar-refractivity contribution is 7.91. The lowest BCUT2D eigenvalue weighted by Crippen LogP contribution is -2.41. The van der Waals surface area contributed by atoms with Gasteiger partial charge in [-0.05, 0) is 6.42 Å². The molecule has 2 heterocycles. The van der Waals surface area contributed by atoms with Crippen LogP contribution in [0.15, 0.2) is 6.33 Å². The summed E-state index contributed by atoms with van der Waals surface area (Å²) in [6, 6.07) is 0. The summed E-state index contributed by atoms with van der Waals surface area (Å²) in [6.07, 6.45) is 2.15. The highest BCUT2D eigenvalue weighted by Crippen LogP contribution is 2.24. The molecule has 0 spiro atoms. The van der Waals surface area contributed by atoms with Crippen molar-refractivity contribution in [1.82, 2.24) is 9.97 Å². The van der Waals surface area contributed by atoms with Gasteiger partial charge < -0.3 is 4.90 Å². The van der Waals surface area contributed by atoms with Gasteiger partial charge in [0, 0.05) is 18.7 Å². The molecule has 1 saturated heterocycles. The Morgan fingerprint density at radius 1 is 1.35 bits per heavy atom. The van der Waals surface area contributed by atoms with Crippen molar-refractivity contribution >= 4 is 27.3 Å². The zero-order chi connectivity index (χ0) is 12.5. The molecule has 0 radical (unpaired) electrons. The molecule has 5 nitrogen and oxygen atoms in total. The Kier molecular flexibility index (Phi) is 3.53. The smallest absolute Gasteiger partial charge is 0.153 e. The van der Waals surface area contributed by atoms with Crippen LogP contribution < -0.4 is 4.90 Å². The van der Waals surface area contributed by atoms with Crippen LogP contribution in [0, 0.1) is 0 Å². The van der Waals surface area contributed by atoms with Crippen molar-refractivity contribution in [2.45, 2.75) is 13.3 Å². The van der Waals surface area contributed by atoms with Gasteiger partial charge in [-0.15, -0.1) is 0 Å². The first-order valence-electron chi connectivity index (χ1n) is 5.48. The Hall–Kier alpha value is -0.880. The predicted octanol–water partition coefficient (Wildman–Crippen LogP) is 0.927. The van der Waals surface area contributed by atoms with Crippen LogP contribution in [0.4, 0.5) is 5.82 Å². The van der Waals surface area contributed by atoms with E-state index in [2.05, 4.69) is 9.97 Å². The molecule has 0 saturated carbocycles. The minimum Gasteiger partial charge on any atom is -0.354 e. The van der Waals surface area contributed by atoms with E-state index in [1.54, 1.807) is 0 Å². The third kappa shape index (κ3) is 2.69. The molecule has 0 N–H and O–H groups in total. The Bertz CT molecular complexity index is 504. The summed E-state index contributed by atoms with van der Waals surface area (Å²) >= 11 is 6.01. The lowest BCUT2D eigenvalue weighted by Gasteiger charge is -2.29. The summed E-state index contributed by atoms with van der Waals surface area (Å²) < 4.78 is 22.7. The topological polar surface area (TPSA) is 63.2 Å². The van der Waals surface area contributed by atoms with Crippen LogP contribution in [0.2, 0.25) is 5.15 Å². The van der Waals surface area contributed by atoms with E-state index in [0.717, 1.165) is 17.8 Å². The Morgan fingerprint density at radius 2 is 2.00 bits per heavy atom. The molecule has 0 aromatic carbocycles. The Balaban J connectivity index is 2.27. The molecule has 1 aromatic heterocycles. The van der Waals surface area contributed by atoms with E-state index >= 15 is 0 Å². The minimum atomic E-state index is -2.87. The zero-order valence-electron chi connectivity index (χ0n) is 9.56. The molecule has 1 aliphatic heterocycles. The molecule has 0 unspecified atom stereocenters. The van der Waals surface area contributed by atoms with Gasteiger partial charge in [0.25, 0.3) is 0 Å². The number of hydrogen-bond donors (Lipinski definition) is 0. The van der Waals surface area contributed by atoms with Crippen molar-refractivity contribution in [2.75, 3.05) is 29.5 Å². The third-order valence-corrected chi connectivity index (χ3v) is 4.80. The van der Waals surface area contributed by atoms with Crippen molar-refractivity contribution in [2.24, 2.45) is 0 Å². The summed E-state index contributed by atoms with van der Waals surface area (Å²) in [7, 11) is -2.87. The minimum absolute atomic E-state index is 0.178. The maximum atomic E-state index is 11.4. The second-order valence-corrected chi connectivity index (χ2v) is 6.62. The first-order chi connectivity index (χ1) is 8.03. The molecule has 94 valence electrons. The first kappa shape index (κ1) is 12.6. The van der Waals surface area contributed by atoms with Crippen molar-refractivity contribution in [3.63, 3.8) is 0 Å². The molecule has 17 heavy (non-hydrogen) atoms. The zero-order valence-corrected chi connectivity index (χ0v) is 11.1. The molecule has 2 rings (SSSR count). The number of nitrogens with zero attached hydrogens (tertiary/aromatic N) is 3. The lowest BCUT2D eigenvalue weighted by atomic mass is 10.2. The summed E-state index contributed by atoms with van der Waals surface area (Å²) in [5.41, 5.74) is 0.883. The van der Waals surface area contributed by atoms with Crippen molar-refractivity contribution < 1.29 is 8.42 Å². The van der Waals surface area contributed by atoms with Crippen LogP contribution >= 0.6 is 11.6 Å². The predicted molar refractivity (Wildman–Crippen MR) is 67.3 cm³/mol.